The number of nitrogens with two attached hydrogens (primary N) is 1. The Labute approximate surface area is 103 Å². The van der Waals surface area contributed by atoms with Gasteiger partial charge in [0.15, 0.2) is 0 Å². The van der Waals surface area contributed by atoms with E-state index < -0.39 is 0 Å². The molecule has 1 fully saturated rings. The van der Waals surface area contributed by atoms with Crippen molar-refractivity contribution in [3.8, 4) is 0 Å². The fraction of sp³-hybridized carbons (Fsp3) is 0.500. The Balaban J connectivity index is 2.18. The third-order valence-corrected chi connectivity index (χ3v) is 3.48. The van der Waals surface area contributed by atoms with Gasteiger partial charge < -0.3 is 10.6 Å². The molecular weight excluding hydrogens is 212 g/mol. The lowest BCUT2D eigenvalue weighted by atomic mass is 9.93. The topological polar surface area (TPSA) is 46.3 Å². The van der Waals surface area contributed by atoms with Crippen molar-refractivity contribution in [1.82, 2.24) is 4.90 Å². The van der Waals surface area contributed by atoms with Crippen molar-refractivity contribution in [1.29, 1.82) is 0 Å². The van der Waals surface area contributed by atoms with Crippen LogP contribution in [0, 0.1) is 12.3 Å². The van der Waals surface area contributed by atoms with Crippen LogP contribution in [-0.4, -0.2) is 23.9 Å². The molecule has 1 aromatic carbocycles. The van der Waals surface area contributed by atoms with E-state index in [2.05, 4.69) is 13.8 Å². The number of hydrogen-bond acceptors (Lipinski definition) is 2. The van der Waals surface area contributed by atoms with Crippen molar-refractivity contribution in [2.24, 2.45) is 5.41 Å². The molecule has 0 unspecified atom stereocenters. The van der Waals surface area contributed by atoms with Crippen LogP contribution in [-0.2, 0) is 0 Å². The lowest BCUT2D eigenvalue weighted by molar-refractivity contribution is 0.0778. The molecule has 17 heavy (non-hydrogen) atoms. The van der Waals surface area contributed by atoms with Crippen LogP contribution in [0.1, 0.15) is 36.2 Å². The summed E-state index contributed by atoms with van der Waals surface area (Å²) in [6, 6.07) is 5.50. The number of hydrogen-bond donors (Lipinski definition) is 1. The second-order valence-corrected chi connectivity index (χ2v) is 5.71. The van der Waals surface area contributed by atoms with E-state index in [1.807, 2.05) is 30.0 Å². The van der Waals surface area contributed by atoms with Gasteiger partial charge in [0.25, 0.3) is 5.91 Å². The predicted octanol–water partition coefficient (Wildman–Crippen LogP) is 2.45. The first-order valence-electron chi connectivity index (χ1n) is 6.04. The summed E-state index contributed by atoms with van der Waals surface area (Å²) < 4.78 is 0. The van der Waals surface area contributed by atoms with Gasteiger partial charge in [0.2, 0.25) is 0 Å². The van der Waals surface area contributed by atoms with Crippen LogP contribution in [0.4, 0.5) is 5.69 Å². The van der Waals surface area contributed by atoms with E-state index in [1.54, 1.807) is 0 Å². The highest BCUT2D eigenvalue weighted by Gasteiger charge is 2.32. The molecule has 1 aliphatic rings. The molecule has 0 atom stereocenters. The van der Waals surface area contributed by atoms with Gasteiger partial charge in [0.1, 0.15) is 0 Å². The summed E-state index contributed by atoms with van der Waals surface area (Å²) in [5.74, 6) is 0.124. The van der Waals surface area contributed by atoms with E-state index in [0.717, 1.165) is 36.3 Å². The number of benzene rings is 1. The van der Waals surface area contributed by atoms with Gasteiger partial charge in [-0.2, -0.15) is 0 Å². The molecular formula is C14H20N2O. The molecule has 1 saturated heterocycles. The number of carbonyl (C=O) groups is 1. The zero-order valence-corrected chi connectivity index (χ0v) is 10.8. The van der Waals surface area contributed by atoms with Gasteiger partial charge in [-0.25, -0.2) is 0 Å². The quantitative estimate of drug-likeness (QED) is 0.756. The van der Waals surface area contributed by atoms with Crippen LogP contribution in [0.25, 0.3) is 0 Å². The van der Waals surface area contributed by atoms with Gasteiger partial charge in [-0.05, 0) is 42.5 Å². The Morgan fingerprint density at radius 3 is 2.65 bits per heavy atom. The zero-order chi connectivity index (χ0) is 12.6. The number of rotatable bonds is 1. The number of aryl methyl sites for hydroxylation is 1. The average molecular weight is 232 g/mol. The molecule has 3 nitrogen and oxygen atoms in total. The highest BCUT2D eigenvalue weighted by Crippen LogP contribution is 2.30. The summed E-state index contributed by atoms with van der Waals surface area (Å²) in [4.78, 5) is 14.2. The lowest BCUT2D eigenvalue weighted by Crippen LogP contribution is -2.30. The van der Waals surface area contributed by atoms with Gasteiger partial charge >= 0.3 is 0 Å². The van der Waals surface area contributed by atoms with Crippen LogP contribution in [0.5, 0.6) is 0 Å². The Morgan fingerprint density at radius 1 is 1.41 bits per heavy atom. The van der Waals surface area contributed by atoms with Crippen molar-refractivity contribution >= 4 is 11.6 Å². The zero-order valence-electron chi connectivity index (χ0n) is 10.8. The fourth-order valence-electron chi connectivity index (χ4n) is 2.28. The van der Waals surface area contributed by atoms with E-state index in [4.69, 9.17) is 5.73 Å². The van der Waals surface area contributed by atoms with Gasteiger partial charge in [0, 0.05) is 24.3 Å². The molecule has 3 heteroatoms. The molecule has 2 N–H and O–H groups in total. The number of amides is 1. The van der Waals surface area contributed by atoms with Crippen LogP contribution in [0.2, 0.25) is 0 Å². The highest BCUT2D eigenvalue weighted by molar-refractivity contribution is 5.95. The highest BCUT2D eigenvalue weighted by atomic mass is 16.2. The Bertz CT molecular complexity index is 452. The molecule has 1 heterocycles. The molecule has 0 aromatic heterocycles. The second kappa shape index (κ2) is 4.06. The predicted molar refractivity (Wildman–Crippen MR) is 69.9 cm³/mol. The van der Waals surface area contributed by atoms with E-state index in [0.29, 0.717) is 0 Å². The summed E-state index contributed by atoms with van der Waals surface area (Å²) in [7, 11) is 0. The van der Waals surface area contributed by atoms with Crippen LogP contribution >= 0.6 is 0 Å². The molecule has 0 spiro atoms. The number of carbonyl (C=O) groups excluding carboxylic acids is 1. The first-order valence-corrected chi connectivity index (χ1v) is 6.04. The van der Waals surface area contributed by atoms with E-state index in [9.17, 15) is 4.79 Å². The number of likely N-dealkylation sites (tertiary alicyclic amines) is 1. The molecule has 2 rings (SSSR count). The Kier molecular flexibility index (Phi) is 2.86. The number of nitrogen functional groups attached to an aromatic ring is 1. The molecule has 1 aromatic rings. The minimum absolute atomic E-state index is 0.124. The third-order valence-electron chi connectivity index (χ3n) is 3.48. The molecule has 1 aliphatic heterocycles. The van der Waals surface area contributed by atoms with E-state index in [-0.39, 0.29) is 11.3 Å². The third kappa shape index (κ3) is 2.43. The van der Waals surface area contributed by atoms with E-state index >= 15 is 0 Å². The maximum Gasteiger partial charge on any atom is 0.253 e. The lowest BCUT2D eigenvalue weighted by Gasteiger charge is -2.20. The number of nitrogens with zero attached hydrogens (tertiary/aromatic N) is 1. The maximum absolute atomic E-state index is 12.3. The fourth-order valence-corrected chi connectivity index (χ4v) is 2.28. The van der Waals surface area contributed by atoms with Crippen molar-refractivity contribution in [3.63, 3.8) is 0 Å². The largest absolute Gasteiger partial charge is 0.399 e. The van der Waals surface area contributed by atoms with Gasteiger partial charge in [-0.15, -0.1) is 0 Å². The van der Waals surface area contributed by atoms with Crippen molar-refractivity contribution in [3.05, 3.63) is 29.3 Å². The summed E-state index contributed by atoms with van der Waals surface area (Å²) in [6.45, 7) is 8.04. The molecule has 92 valence electrons. The molecule has 0 saturated carbocycles. The van der Waals surface area contributed by atoms with Crippen LogP contribution in [0.3, 0.4) is 0 Å². The van der Waals surface area contributed by atoms with Crippen LogP contribution < -0.4 is 5.73 Å². The van der Waals surface area contributed by atoms with Gasteiger partial charge in [0.05, 0.1) is 0 Å². The second-order valence-electron chi connectivity index (χ2n) is 5.71. The normalized spacial score (nSPS) is 18.4. The maximum atomic E-state index is 12.3. The minimum Gasteiger partial charge on any atom is -0.399 e. The summed E-state index contributed by atoms with van der Waals surface area (Å²) in [6.07, 6.45) is 1.08. The van der Waals surface area contributed by atoms with Crippen molar-refractivity contribution in [2.75, 3.05) is 18.8 Å². The smallest absolute Gasteiger partial charge is 0.253 e. The van der Waals surface area contributed by atoms with Crippen molar-refractivity contribution < 1.29 is 4.79 Å². The van der Waals surface area contributed by atoms with Crippen LogP contribution in [0.15, 0.2) is 18.2 Å². The first kappa shape index (κ1) is 12.0. The first-order chi connectivity index (χ1) is 7.89. The molecule has 0 bridgehead atoms. The molecule has 1 amide bonds. The summed E-state index contributed by atoms with van der Waals surface area (Å²) in [5, 5.41) is 0. The SMILES string of the molecule is Cc1cc(C(=O)N2CCC(C)(C)C2)ccc1N. The monoisotopic (exact) mass is 232 g/mol. The van der Waals surface area contributed by atoms with E-state index in [1.165, 1.54) is 0 Å². The standard InChI is InChI=1S/C14H20N2O/c1-10-8-11(4-5-12(10)15)13(17)16-7-6-14(2,3)9-16/h4-5,8H,6-7,9,15H2,1-3H3. The Morgan fingerprint density at radius 2 is 2.12 bits per heavy atom. The number of anilines is 1. The van der Waals surface area contributed by atoms with Gasteiger partial charge in [-0.3, -0.25) is 4.79 Å². The Hall–Kier alpha value is -1.51. The average Bonchev–Trinajstić information content (AvgIpc) is 2.62. The minimum atomic E-state index is 0.124. The van der Waals surface area contributed by atoms with Crippen molar-refractivity contribution in [2.45, 2.75) is 27.2 Å². The molecule has 0 aliphatic carbocycles. The molecule has 0 radical (unpaired) electrons. The van der Waals surface area contributed by atoms with Gasteiger partial charge in [-0.1, -0.05) is 13.8 Å². The summed E-state index contributed by atoms with van der Waals surface area (Å²) >= 11 is 0. The summed E-state index contributed by atoms with van der Waals surface area (Å²) in [5.41, 5.74) is 8.46.